The molecule has 1 aromatic heterocycles. The van der Waals surface area contributed by atoms with Crippen molar-refractivity contribution in [2.24, 2.45) is 87.5 Å². The second kappa shape index (κ2) is 60.3. The van der Waals surface area contributed by atoms with Crippen LogP contribution in [-0.2, 0) is 91.5 Å². The minimum Gasteiger partial charge on any atom is -0.489 e. The van der Waals surface area contributed by atoms with Crippen molar-refractivity contribution in [3.63, 3.8) is 0 Å². The third-order valence-electron chi connectivity index (χ3n) is 21.4. The lowest BCUT2D eigenvalue weighted by molar-refractivity contribution is -0.123. The molecule has 0 aliphatic carbocycles. The van der Waals surface area contributed by atoms with Crippen molar-refractivity contribution in [2.45, 2.75) is 224 Å². The number of para-hydroxylation sites is 1. The molecule has 716 valence electrons. The number of nitrogens with one attached hydrogen (secondary N) is 2. The Hall–Kier alpha value is -9.98. The first kappa shape index (κ1) is 116. The van der Waals surface area contributed by atoms with Crippen molar-refractivity contribution in [3.05, 3.63) is 325 Å². The third kappa shape index (κ3) is 43.8. The first-order chi connectivity index (χ1) is 62.0. The average Bonchev–Trinajstić information content (AvgIpc) is 1.68. The number of ether oxygens (including phenoxy) is 1. The lowest BCUT2D eigenvalue weighted by Gasteiger charge is -2.22. The van der Waals surface area contributed by atoms with E-state index in [-0.39, 0.29) is 105 Å². The Balaban J connectivity index is 0.000000390. The highest BCUT2D eigenvalue weighted by Crippen LogP contribution is 2.24. The molecule has 0 aliphatic rings. The maximum Gasteiger partial charge on any atom is 0.159 e. The highest BCUT2D eigenvalue weighted by molar-refractivity contribution is 6.31. The van der Waals surface area contributed by atoms with Gasteiger partial charge < -0.3 is 55.2 Å². The number of aromatic nitrogens is 1. The molecule has 0 fully saturated rings. The minimum absolute atomic E-state index is 0.00444. The smallest absolute Gasteiger partial charge is 0.159 e. The topological polar surface area (TPSA) is 339 Å². The number of fused-ring (bicyclic) bond motifs is 1. The molecule has 0 radical (unpaired) electrons. The summed E-state index contributed by atoms with van der Waals surface area (Å²) in [5.74, 6) is -1.09. The molecule has 132 heavy (non-hydrogen) atoms. The molecule has 0 amide bonds. The zero-order valence-corrected chi connectivity index (χ0v) is 82.3. The SMILES string of the molecule is C=C(C(C)C)[C@@H](Cc1ccc(OCc2ccccc2)cc1)NC.CC(C)C(=O)[C@@H](N)Cc1ccc(Cl)cc1.CC(C)C(=O)[C@H](N)Cc1c[nH]c2ccccc12.CC(C)C(=O)[C@H](N)Cc1ccc(Cl)c(F)c1.CC(C)C(=O)[C@H](N)Cc1ccc(Cl)cc1.CC(C)C(=O)[C@H](N)Cc1ccc(F)c(F)c1.CC(C)C(=O)[C@H](N)Cc1ccc(F)cc1.Cc1ccc(C[C@@H](N)C(=O)C(C)C)cc1. The number of H-pyrrole nitrogens is 1. The minimum atomic E-state index is -0.915. The second-order valence-corrected chi connectivity index (χ2v) is 36.8. The fraction of sp³-hybridized carbons (Fsp3) is 0.398. The van der Waals surface area contributed by atoms with Gasteiger partial charge in [0.25, 0.3) is 0 Å². The number of nitrogens with two attached hydrogens (primary N) is 7. The normalized spacial score (nSPS) is 12.8. The van der Waals surface area contributed by atoms with Gasteiger partial charge >= 0.3 is 0 Å². The van der Waals surface area contributed by atoms with Crippen LogP contribution in [0.15, 0.2) is 231 Å². The van der Waals surface area contributed by atoms with Crippen LogP contribution >= 0.6 is 34.8 Å². The number of rotatable bonds is 36. The zero-order chi connectivity index (χ0) is 99.3. The fourth-order valence-corrected chi connectivity index (χ4v) is 13.6. The molecule has 0 unspecified atom stereocenters. The van der Waals surface area contributed by atoms with Crippen LogP contribution in [0.2, 0.25) is 15.1 Å². The summed E-state index contributed by atoms with van der Waals surface area (Å²) < 4.78 is 57.1. The monoisotopic (exact) mass is 1870 g/mol. The van der Waals surface area contributed by atoms with Crippen LogP contribution in [0, 0.1) is 77.5 Å². The van der Waals surface area contributed by atoms with Crippen LogP contribution in [0.5, 0.6) is 5.75 Å². The quantitative estimate of drug-likeness (QED) is 0.0130. The highest BCUT2D eigenvalue weighted by atomic mass is 35.5. The number of Topliss-reactive ketones (excluding diaryl/α,β-unsaturated/α-hetero) is 7. The van der Waals surface area contributed by atoms with E-state index in [9.17, 15) is 51.1 Å². The Kier molecular flexibility index (Phi) is 53.1. The average molecular weight is 1880 g/mol. The standard InChI is InChI=1S/C21H27NO.C14H18N2O.C13H19NO.C12H15ClFNO.2C12H16ClNO.C12H15F2NO.C12H16FNO/c1-16(2)17(3)21(22-4)14-18-10-12-20(13-11-18)23-15-19-8-6-5-7-9-19;1-9(2)14(17)12(15)7-10-8-16-13-6-4-3-5-11(10)13;1-9(2)13(15)12(14)8-11-6-4-10(3)5-7-11;1-7(2)12(16)11(15)6-8-3-4-9(13)10(14)5-8;2*1-8(2)12(15)11(14)7-9-3-5-10(13)6-4-9;1-7(2)12(16)11(15)6-8-3-4-9(13)10(14)5-8;1-8(2)12(15)11(14)7-9-3-5-10(13)6-4-9/h5-13,16,21-22H,3,14-15H2,1-2,4H3;3-6,8-9,12,16H,7,15H2,1-2H3;4-7,9,12H,8,14H2,1-3H3;3-5,7,11H,6,15H2,1-2H3;2*3-6,8,11H,7,14H2,1-2H3;3-5,7,11H,6,15H2,1-2H3;3-6,8,11H,7,14H2,1-2H3/t21-;2*12-;5*11-/m11111011/s1. The van der Waals surface area contributed by atoms with E-state index in [4.69, 9.17) is 79.7 Å². The van der Waals surface area contributed by atoms with E-state index in [1.807, 2.05) is 217 Å². The number of likely N-dealkylation sites (N-methyl/N-ethyl adjacent to an activating group) is 1. The summed E-state index contributed by atoms with van der Waals surface area (Å²) in [5, 5.41) is 5.98. The number of hydrogen-bond acceptors (Lipinski definition) is 16. The van der Waals surface area contributed by atoms with E-state index in [0.29, 0.717) is 78.3 Å². The molecule has 1 heterocycles. The number of benzene rings is 9. The molecule has 10 aromatic rings. The predicted molar refractivity (Wildman–Crippen MR) is 535 cm³/mol. The van der Waals surface area contributed by atoms with Crippen LogP contribution in [0.1, 0.15) is 166 Å². The van der Waals surface area contributed by atoms with Gasteiger partial charge in [0.15, 0.2) is 52.1 Å². The second-order valence-electron chi connectivity index (χ2n) is 35.5. The molecule has 0 spiro atoms. The molecule has 9 aromatic carbocycles. The molecule has 24 heteroatoms. The van der Waals surface area contributed by atoms with Crippen molar-refractivity contribution < 1.29 is 55.9 Å². The molecular weight excluding hydrogens is 1730 g/mol. The third-order valence-corrected chi connectivity index (χ3v) is 22.2. The first-order valence-electron chi connectivity index (χ1n) is 44.9. The Labute approximate surface area is 796 Å². The maximum absolute atomic E-state index is 13.1. The van der Waals surface area contributed by atoms with Gasteiger partial charge in [-0.25, -0.2) is 17.6 Å². The van der Waals surface area contributed by atoms with E-state index in [1.165, 1.54) is 52.6 Å². The summed E-state index contributed by atoms with van der Waals surface area (Å²) in [6.07, 6.45) is 6.32. The summed E-state index contributed by atoms with van der Waals surface area (Å²) in [6.45, 7) is 37.0. The lowest BCUT2D eigenvalue weighted by Crippen LogP contribution is -2.35. The van der Waals surface area contributed by atoms with Crippen LogP contribution in [0.4, 0.5) is 17.6 Å². The maximum atomic E-state index is 13.1. The molecule has 16 N–H and O–H groups in total. The van der Waals surface area contributed by atoms with Gasteiger partial charge in [0, 0.05) is 74.6 Å². The van der Waals surface area contributed by atoms with Crippen LogP contribution in [0.3, 0.4) is 0 Å². The summed E-state index contributed by atoms with van der Waals surface area (Å²) in [7, 11) is 2.00. The van der Waals surface area contributed by atoms with Gasteiger partial charge in [-0.05, 0) is 200 Å². The number of aryl methyl sites for hydroxylation is 1. The number of carbonyl (C=O) groups is 7. The van der Waals surface area contributed by atoms with E-state index >= 15 is 0 Å². The molecule has 0 aliphatic heterocycles. The number of halogens is 7. The Morgan fingerprint density at radius 1 is 0.348 bits per heavy atom. The molecule has 17 nitrogen and oxygen atoms in total. The van der Waals surface area contributed by atoms with Gasteiger partial charge in [-0.2, -0.15) is 0 Å². The zero-order valence-electron chi connectivity index (χ0n) is 80.0. The van der Waals surface area contributed by atoms with E-state index in [2.05, 4.69) is 55.0 Å². The van der Waals surface area contributed by atoms with Crippen molar-refractivity contribution >= 4 is 86.2 Å². The van der Waals surface area contributed by atoms with Gasteiger partial charge in [0.05, 0.1) is 47.3 Å². The number of aromatic amines is 1. The molecular formula is C108H142Cl3F4N9O8. The van der Waals surface area contributed by atoms with Crippen LogP contribution < -0.4 is 50.2 Å². The Morgan fingerprint density at radius 2 is 0.659 bits per heavy atom. The summed E-state index contributed by atoms with van der Waals surface area (Å²) in [5.41, 5.74) is 53.0. The van der Waals surface area contributed by atoms with Crippen molar-refractivity contribution in [2.75, 3.05) is 7.05 Å². The predicted octanol–water partition coefficient (Wildman–Crippen LogP) is 20.4. The summed E-state index contributed by atoms with van der Waals surface area (Å²) >= 11 is 17.1. The number of carbonyl (C=O) groups excluding carboxylic acids is 7. The molecule has 10 rings (SSSR count). The number of hydrogen-bond donors (Lipinski definition) is 9. The van der Waals surface area contributed by atoms with Gasteiger partial charge in [0.1, 0.15) is 24.0 Å². The summed E-state index contributed by atoms with van der Waals surface area (Å²) in [6, 6.07) is 60.7. The van der Waals surface area contributed by atoms with Crippen molar-refractivity contribution in [1.29, 1.82) is 0 Å². The van der Waals surface area contributed by atoms with Crippen molar-refractivity contribution in [3.8, 4) is 5.75 Å². The highest BCUT2D eigenvalue weighted by Gasteiger charge is 2.25. The van der Waals surface area contributed by atoms with E-state index < -0.39 is 53.7 Å². The molecule has 0 saturated carbocycles. The van der Waals surface area contributed by atoms with E-state index in [1.54, 1.807) is 45.9 Å². The molecule has 8 atom stereocenters. The Morgan fingerprint density at radius 3 is 1.02 bits per heavy atom. The van der Waals surface area contributed by atoms with Gasteiger partial charge in [-0.3, -0.25) is 33.6 Å². The van der Waals surface area contributed by atoms with Gasteiger partial charge in [-0.15, -0.1) is 0 Å². The first-order valence-corrected chi connectivity index (χ1v) is 46.1. The van der Waals surface area contributed by atoms with E-state index in [0.717, 1.165) is 63.0 Å². The van der Waals surface area contributed by atoms with Gasteiger partial charge in [0.2, 0.25) is 0 Å². The lowest BCUT2D eigenvalue weighted by atomic mass is 9.92. The van der Waals surface area contributed by atoms with Crippen LogP contribution in [0.25, 0.3) is 10.9 Å². The van der Waals surface area contributed by atoms with Gasteiger partial charge in [-0.1, -0.05) is 297 Å². The number of ketones is 7. The summed E-state index contributed by atoms with van der Waals surface area (Å²) in [4.78, 5) is 84.3. The molecule has 0 saturated heterocycles. The fourth-order valence-electron chi connectivity index (χ4n) is 13.2. The Bertz CT molecular complexity index is 4800. The van der Waals surface area contributed by atoms with Crippen LogP contribution in [-0.4, -0.2) is 101 Å². The largest absolute Gasteiger partial charge is 0.489 e. The molecule has 0 bridgehead atoms. The van der Waals surface area contributed by atoms with Crippen molar-refractivity contribution in [1.82, 2.24) is 10.3 Å².